The number of aryl methyl sites for hydroxylation is 1. The summed E-state index contributed by atoms with van der Waals surface area (Å²) in [5.74, 6) is -1.06. The first kappa shape index (κ1) is 15.9. The van der Waals surface area contributed by atoms with E-state index >= 15 is 0 Å². The van der Waals surface area contributed by atoms with Gasteiger partial charge in [0, 0.05) is 11.3 Å². The monoisotopic (exact) mass is 310 g/mol. The molecular weight excluding hydrogens is 288 g/mol. The molecule has 1 atom stereocenters. The Morgan fingerprint density at radius 2 is 2.00 bits per heavy atom. The molecule has 0 aromatic carbocycles. The van der Waals surface area contributed by atoms with Crippen LogP contribution in [0.5, 0.6) is 0 Å². The lowest BCUT2D eigenvalue weighted by Crippen LogP contribution is -2.35. The van der Waals surface area contributed by atoms with E-state index in [0.29, 0.717) is 25.7 Å². The van der Waals surface area contributed by atoms with E-state index in [4.69, 9.17) is 5.11 Å². The van der Waals surface area contributed by atoms with Crippen LogP contribution in [0, 0.1) is 11.8 Å². The SMILES string of the molecule is CCc1nc(C(C)NC(=O)C2CCC(C(=O)O)CC2)cs1. The van der Waals surface area contributed by atoms with E-state index in [1.54, 1.807) is 11.3 Å². The zero-order valence-electron chi connectivity index (χ0n) is 12.5. The molecule has 0 bridgehead atoms. The van der Waals surface area contributed by atoms with Gasteiger partial charge in [-0.05, 0) is 39.0 Å². The number of carboxylic acid groups (broad SMARTS) is 1. The number of hydrogen-bond acceptors (Lipinski definition) is 4. The van der Waals surface area contributed by atoms with Gasteiger partial charge in [-0.25, -0.2) is 4.98 Å². The predicted octanol–water partition coefficient (Wildman–Crippen LogP) is 2.77. The van der Waals surface area contributed by atoms with Crippen molar-refractivity contribution in [3.05, 3.63) is 16.1 Å². The first-order valence-electron chi connectivity index (χ1n) is 7.48. The van der Waals surface area contributed by atoms with Crippen molar-refractivity contribution < 1.29 is 14.7 Å². The van der Waals surface area contributed by atoms with Gasteiger partial charge in [-0.2, -0.15) is 0 Å². The first-order chi connectivity index (χ1) is 10.0. The van der Waals surface area contributed by atoms with Crippen LogP contribution in [0.25, 0.3) is 0 Å². The van der Waals surface area contributed by atoms with E-state index in [1.807, 2.05) is 12.3 Å². The molecule has 1 aliphatic carbocycles. The Bertz CT molecular complexity index is 507. The summed E-state index contributed by atoms with van der Waals surface area (Å²) < 4.78 is 0. The molecule has 0 saturated heterocycles. The molecule has 1 aromatic heterocycles. The lowest BCUT2D eigenvalue weighted by molar-refractivity contribution is -0.144. The molecule has 0 spiro atoms. The summed E-state index contributed by atoms with van der Waals surface area (Å²) in [5, 5.41) is 15.0. The summed E-state index contributed by atoms with van der Waals surface area (Å²) in [6.45, 7) is 4.00. The number of aromatic nitrogens is 1. The third kappa shape index (κ3) is 4.03. The number of thiazole rings is 1. The molecule has 2 N–H and O–H groups in total. The molecule has 21 heavy (non-hydrogen) atoms. The molecule has 2 rings (SSSR count). The van der Waals surface area contributed by atoms with Crippen molar-refractivity contribution in [1.29, 1.82) is 0 Å². The summed E-state index contributed by atoms with van der Waals surface area (Å²) in [6.07, 6.45) is 3.42. The second-order valence-electron chi connectivity index (χ2n) is 5.64. The number of rotatable bonds is 5. The van der Waals surface area contributed by atoms with Crippen LogP contribution in [0.4, 0.5) is 0 Å². The van der Waals surface area contributed by atoms with Gasteiger partial charge in [-0.1, -0.05) is 6.92 Å². The van der Waals surface area contributed by atoms with Crippen molar-refractivity contribution in [3.63, 3.8) is 0 Å². The second-order valence-corrected chi connectivity index (χ2v) is 6.58. The van der Waals surface area contributed by atoms with Crippen LogP contribution in [-0.4, -0.2) is 22.0 Å². The fourth-order valence-electron chi connectivity index (χ4n) is 2.69. The van der Waals surface area contributed by atoms with Crippen LogP contribution in [0.3, 0.4) is 0 Å². The van der Waals surface area contributed by atoms with Gasteiger partial charge in [0.15, 0.2) is 0 Å². The van der Waals surface area contributed by atoms with Crippen molar-refractivity contribution in [2.45, 2.75) is 52.0 Å². The third-order valence-corrected chi connectivity index (χ3v) is 5.13. The van der Waals surface area contributed by atoms with E-state index in [0.717, 1.165) is 17.1 Å². The van der Waals surface area contributed by atoms with Gasteiger partial charge in [0.05, 0.1) is 22.7 Å². The number of nitrogens with zero attached hydrogens (tertiary/aromatic N) is 1. The summed E-state index contributed by atoms with van der Waals surface area (Å²) in [6, 6.07) is -0.0914. The highest BCUT2D eigenvalue weighted by Crippen LogP contribution is 2.29. The van der Waals surface area contributed by atoms with Crippen molar-refractivity contribution in [1.82, 2.24) is 10.3 Å². The Morgan fingerprint density at radius 1 is 1.38 bits per heavy atom. The van der Waals surface area contributed by atoms with Gasteiger partial charge < -0.3 is 10.4 Å². The topological polar surface area (TPSA) is 79.3 Å². The number of aliphatic carboxylic acids is 1. The molecule has 1 fully saturated rings. The second kappa shape index (κ2) is 7.02. The molecule has 0 aliphatic heterocycles. The minimum Gasteiger partial charge on any atom is -0.481 e. The predicted molar refractivity (Wildman–Crippen MR) is 81.1 cm³/mol. The Kier molecular flexibility index (Phi) is 5.33. The molecule has 0 radical (unpaired) electrons. The summed E-state index contributed by atoms with van der Waals surface area (Å²) in [4.78, 5) is 27.7. The van der Waals surface area contributed by atoms with Gasteiger partial charge in [0.2, 0.25) is 5.91 Å². The Hall–Kier alpha value is -1.43. The molecule has 6 heteroatoms. The van der Waals surface area contributed by atoms with Crippen LogP contribution in [0.2, 0.25) is 0 Å². The van der Waals surface area contributed by atoms with Gasteiger partial charge in [0.25, 0.3) is 0 Å². The standard InChI is InChI=1S/C15H22N2O3S/c1-3-13-17-12(8-21-13)9(2)16-14(18)10-4-6-11(7-5-10)15(19)20/h8-11H,3-7H2,1-2H3,(H,16,18)(H,19,20). The van der Waals surface area contributed by atoms with E-state index in [2.05, 4.69) is 17.2 Å². The van der Waals surface area contributed by atoms with Crippen LogP contribution < -0.4 is 5.32 Å². The van der Waals surface area contributed by atoms with Gasteiger partial charge >= 0.3 is 5.97 Å². The quantitative estimate of drug-likeness (QED) is 0.876. The number of nitrogens with one attached hydrogen (secondary N) is 1. The first-order valence-corrected chi connectivity index (χ1v) is 8.36. The highest BCUT2D eigenvalue weighted by molar-refractivity contribution is 7.09. The van der Waals surface area contributed by atoms with Crippen LogP contribution in [0.1, 0.15) is 56.3 Å². The average molecular weight is 310 g/mol. The number of amides is 1. The average Bonchev–Trinajstić information content (AvgIpc) is 2.96. The highest BCUT2D eigenvalue weighted by atomic mass is 32.1. The minimum absolute atomic E-state index is 0.0254. The Balaban J connectivity index is 1.85. The number of carbonyl (C=O) groups is 2. The smallest absolute Gasteiger partial charge is 0.306 e. The molecule has 1 amide bonds. The van der Waals surface area contributed by atoms with Crippen molar-refractivity contribution >= 4 is 23.2 Å². The lowest BCUT2D eigenvalue weighted by atomic mass is 9.81. The van der Waals surface area contributed by atoms with E-state index < -0.39 is 5.97 Å². The summed E-state index contributed by atoms with van der Waals surface area (Å²) in [7, 11) is 0. The zero-order chi connectivity index (χ0) is 15.4. The number of carboxylic acids is 1. The summed E-state index contributed by atoms with van der Waals surface area (Å²) in [5.41, 5.74) is 0.907. The summed E-state index contributed by atoms with van der Waals surface area (Å²) >= 11 is 1.62. The normalized spacial score (nSPS) is 23.5. The van der Waals surface area contributed by atoms with Crippen LogP contribution in [0.15, 0.2) is 5.38 Å². The zero-order valence-corrected chi connectivity index (χ0v) is 13.3. The van der Waals surface area contributed by atoms with Crippen LogP contribution in [-0.2, 0) is 16.0 Å². The molecule has 5 nitrogen and oxygen atoms in total. The fourth-order valence-corrected chi connectivity index (χ4v) is 3.53. The number of hydrogen-bond donors (Lipinski definition) is 2. The molecule has 116 valence electrons. The molecule has 1 aromatic rings. The minimum atomic E-state index is -0.739. The van der Waals surface area contributed by atoms with Crippen molar-refractivity contribution in [3.8, 4) is 0 Å². The van der Waals surface area contributed by atoms with Gasteiger partial charge in [0.1, 0.15) is 0 Å². The van der Waals surface area contributed by atoms with E-state index in [-0.39, 0.29) is 23.8 Å². The van der Waals surface area contributed by atoms with Crippen molar-refractivity contribution in [2.24, 2.45) is 11.8 Å². The van der Waals surface area contributed by atoms with E-state index in [1.165, 1.54) is 0 Å². The molecule has 1 heterocycles. The largest absolute Gasteiger partial charge is 0.481 e. The lowest BCUT2D eigenvalue weighted by Gasteiger charge is -2.26. The van der Waals surface area contributed by atoms with Gasteiger partial charge in [-0.3, -0.25) is 9.59 Å². The van der Waals surface area contributed by atoms with E-state index in [9.17, 15) is 9.59 Å². The number of carbonyl (C=O) groups excluding carboxylic acids is 1. The molecule has 1 unspecified atom stereocenters. The third-order valence-electron chi connectivity index (χ3n) is 4.12. The molecule has 1 aliphatic rings. The maximum absolute atomic E-state index is 12.3. The van der Waals surface area contributed by atoms with Gasteiger partial charge in [-0.15, -0.1) is 11.3 Å². The van der Waals surface area contributed by atoms with Crippen LogP contribution >= 0.6 is 11.3 Å². The Morgan fingerprint density at radius 3 is 2.52 bits per heavy atom. The maximum atomic E-state index is 12.3. The Labute approximate surface area is 128 Å². The molecule has 1 saturated carbocycles. The highest BCUT2D eigenvalue weighted by Gasteiger charge is 2.30. The van der Waals surface area contributed by atoms with Crippen molar-refractivity contribution in [2.75, 3.05) is 0 Å². The fraction of sp³-hybridized carbons (Fsp3) is 0.667. The molecular formula is C15H22N2O3S. The maximum Gasteiger partial charge on any atom is 0.306 e.